The predicted molar refractivity (Wildman–Crippen MR) is 62.5 cm³/mol. The van der Waals surface area contributed by atoms with Crippen molar-refractivity contribution in [1.82, 2.24) is 10.2 Å². The number of aromatic nitrogens is 2. The smallest absolute Gasteiger partial charge is 0.151 e. The van der Waals surface area contributed by atoms with Crippen LogP contribution in [0.25, 0.3) is 0 Å². The van der Waals surface area contributed by atoms with E-state index in [9.17, 15) is 0 Å². The first-order valence-corrected chi connectivity index (χ1v) is 5.81. The zero-order chi connectivity index (χ0) is 10.8. The van der Waals surface area contributed by atoms with Gasteiger partial charge in [-0.2, -0.15) is 5.10 Å². The molecule has 0 N–H and O–H groups in total. The van der Waals surface area contributed by atoms with Crippen LogP contribution in [0.15, 0.2) is 12.1 Å². The minimum Gasteiger partial charge on any atom is -0.351 e. The highest BCUT2D eigenvalue weighted by Gasteiger charge is 2.25. The average Bonchev–Trinajstić information content (AvgIpc) is 2.23. The highest BCUT2D eigenvalue weighted by Crippen LogP contribution is 2.24. The van der Waals surface area contributed by atoms with Crippen molar-refractivity contribution >= 4 is 17.4 Å². The number of anilines is 1. The molecule has 2 atom stereocenters. The summed E-state index contributed by atoms with van der Waals surface area (Å²) in [6.07, 6.45) is 2.22. The van der Waals surface area contributed by atoms with E-state index >= 15 is 0 Å². The lowest BCUT2D eigenvalue weighted by Gasteiger charge is -2.36. The molecule has 1 aliphatic rings. The molecule has 15 heavy (non-hydrogen) atoms. The Bertz CT molecular complexity index is 325. The maximum absolute atomic E-state index is 6.17. The molecule has 0 bridgehead atoms. The van der Waals surface area contributed by atoms with E-state index in [4.69, 9.17) is 11.6 Å². The predicted octanol–water partition coefficient (Wildman–Crippen LogP) is 2.38. The Hall–Kier alpha value is -0.830. The molecule has 1 aromatic heterocycles. The second kappa shape index (κ2) is 4.35. The van der Waals surface area contributed by atoms with E-state index in [1.54, 1.807) is 0 Å². The first-order chi connectivity index (χ1) is 7.16. The molecule has 0 aromatic carbocycles. The summed E-state index contributed by atoms with van der Waals surface area (Å²) >= 11 is 6.17. The highest BCUT2D eigenvalue weighted by molar-refractivity contribution is 6.21. The molecule has 1 aromatic rings. The van der Waals surface area contributed by atoms with Gasteiger partial charge in [-0.1, -0.05) is 0 Å². The van der Waals surface area contributed by atoms with Gasteiger partial charge in [-0.15, -0.1) is 16.7 Å². The molecule has 1 fully saturated rings. The van der Waals surface area contributed by atoms with Gasteiger partial charge in [0.1, 0.15) is 0 Å². The molecule has 0 radical (unpaired) electrons. The third-order valence-corrected chi connectivity index (χ3v) is 3.26. The molecule has 1 aliphatic heterocycles. The number of alkyl halides is 1. The Balaban J connectivity index is 2.17. The monoisotopic (exact) mass is 225 g/mol. The van der Waals surface area contributed by atoms with Crippen LogP contribution in [0.4, 0.5) is 5.82 Å². The maximum Gasteiger partial charge on any atom is 0.151 e. The maximum atomic E-state index is 6.17. The van der Waals surface area contributed by atoms with Gasteiger partial charge in [-0.25, -0.2) is 0 Å². The van der Waals surface area contributed by atoms with E-state index in [1.807, 2.05) is 19.1 Å². The lowest BCUT2D eigenvalue weighted by atomic mass is 10.0. The van der Waals surface area contributed by atoms with E-state index in [-0.39, 0.29) is 5.38 Å². The van der Waals surface area contributed by atoms with E-state index in [1.165, 1.54) is 0 Å². The van der Waals surface area contributed by atoms with Crippen LogP contribution >= 0.6 is 11.6 Å². The van der Waals surface area contributed by atoms with Crippen molar-refractivity contribution < 1.29 is 0 Å². The second-order valence-electron chi connectivity index (χ2n) is 4.21. The van der Waals surface area contributed by atoms with Crippen LogP contribution < -0.4 is 4.90 Å². The van der Waals surface area contributed by atoms with Gasteiger partial charge in [0.25, 0.3) is 0 Å². The van der Waals surface area contributed by atoms with Gasteiger partial charge in [0.05, 0.1) is 11.1 Å². The minimum absolute atomic E-state index is 0.240. The lowest BCUT2D eigenvalue weighted by Crippen LogP contribution is -2.43. The Kier molecular flexibility index (Phi) is 3.10. The summed E-state index contributed by atoms with van der Waals surface area (Å²) in [7, 11) is 0. The van der Waals surface area contributed by atoms with Crippen molar-refractivity contribution in [2.24, 2.45) is 0 Å². The molecule has 2 heterocycles. The fourth-order valence-electron chi connectivity index (χ4n) is 1.93. The molecule has 0 spiro atoms. The molecule has 0 amide bonds. The van der Waals surface area contributed by atoms with Crippen molar-refractivity contribution in [2.45, 2.75) is 38.1 Å². The summed E-state index contributed by atoms with van der Waals surface area (Å²) < 4.78 is 0. The van der Waals surface area contributed by atoms with E-state index < -0.39 is 0 Å². The molecule has 0 aliphatic carbocycles. The minimum atomic E-state index is 0.240. The third-order valence-electron chi connectivity index (χ3n) is 2.90. The Morgan fingerprint density at radius 2 is 2.13 bits per heavy atom. The summed E-state index contributed by atoms with van der Waals surface area (Å²) in [5.74, 6) is 0.943. The largest absolute Gasteiger partial charge is 0.351 e. The van der Waals surface area contributed by atoms with Crippen LogP contribution in [0.3, 0.4) is 0 Å². The average molecular weight is 226 g/mol. The molecule has 4 heteroatoms. The van der Waals surface area contributed by atoms with Gasteiger partial charge in [0, 0.05) is 12.6 Å². The van der Waals surface area contributed by atoms with Gasteiger partial charge in [-0.05, 0) is 38.8 Å². The molecule has 82 valence electrons. The molecule has 3 nitrogen and oxygen atoms in total. The first kappa shape index (κ1) is 10.7. The standard InChI is InChI=1S/C11H16ClN3/c1-8-3-6-11(14-13-8)15-7-10(12)5-4-9(15)2/h3,6,9-10H,4-5,7H2,1-2H3. The van der Waals surface area contributed by atoms with Crippen LogP contribution in [0.5, 0.6) is 0 Å². The van der Waals surface area contributed by atoms with Crippen LogP contribution in [-0.2, 0) is 0 Å². The van der Waals surface area contributed by atoms with Crippen LogP contribution in [0.2, 0.25) is 0 Å². The molecule has 2 unspecified atom stereocenters. The zero-order valence-electron chi connectivity index (χ0n) is 9.15. The summed E-state index contributed by atoms with van der Waals surface area (Å²) in [6, 6.07) is 4.53. The molecule has 0 saturated carbocycles. The Labute approximate surface area is 95.5 Å². The SMILES string of the molecule is Cc1ccc(N2CC(Cl)CCC2C)nn1. The summed E-state index contributed by atoms with van der Waals surface area (Å²) in [5, 5.41) is 8.52. The van der Waals surface area contributed by atoms with Crippen molar-refractivity contribution in [3.8, 4) is 0 Å². The number of hydrogen-bond donors (Lipinski definition) is 0. The fraction of sp³-hybridized carbons (Fsp3) is 0.636. The fourth-order valence-corrected chi connectivity index (χ4v) is 2.20. The second-order valence-corrected chi connectivity index (χ2v) is 4.83. The normalized spacial score (nSPS) is 26.7. The molecular weight excluding hydrogens is 210 g/mol. The summed E-state index contributed by atoms with van der Waals surface area (Å²) in [5.41, 5.74) is 0.950. The van der Waals surface area contributed by atoms with Crippen molar-refractivity contribution in [3.05, 3.63) is 17.8 Å². The molecule has 2 rings (SSSR count). The number of nitrogens with zero attached hydrogens (tertiary/aromatic N) is 3. The van der Waals surface area contributed by atoms with Gasteiger partial charge in [-0.3, -0.25) is 0 Å². The van der Waals surface area contributed by atoms with Crippen LogP contribution in [-0.4, -0.2) is 28.2 Å². The topological polar surface area (TPSA) is 29.0 Å². The van der Waals surface area contributed by atoms with Crippen LogP contribution in [0.1, 0.15) is 25.5 Å². The number of halogens is 1. The molecular formula is C11H16ClN3. The lowest BCUT2D eigenvalue weighted by molar-refractivity contribution is 0.484. The first-order valence-electron chi connectivity index (χ1n) is 5.38. The number of rotatable bonds is 1. The van der Waals surface area contributed by atoms with Gasteiger partial charge in [0.15, 0.2) is 5.82 Å². The van der Waals surface area contributed by atoms with Gasteiger partial charge >= 0.3 is 0 Å². The Morgan fingerprint density at radius 3 is 2.80 bits per heavy atom. The quantitative estimate of drug-likeness (QED) is 0.688. The number of aryl methyl sites for hydroxylation is 1. The Morgan fingerprint density at radius 1 is 1.33 bits per heavy atom. The van der Waals surface area contributed by atoms with E-state index in [0.717, 1.165) is 30.9 Å². The summed E-state index contributed by atoms with van der Waals surface area (Å²) in [4.78, 5) is 2.24. The third kappa shape index (κ3) is 2.40. The van der Waals surface area contributed by atoms with Crippen LogP contribution in [0, 0.1) is 6.92 Å². The zero-order valence-corrected chi connectivity index (χ0v) is 9.91. The van der Waals surface area contributed by atoms with Gasteiger partial charge < -0.3 is 4.90 Å². The van der Waals surface area contributed by atoms with Crippen molar-refractivity contribution in [1.29, 1.82) is 0 Å². The van der Waals surface area contributed by atoms with Crippen molar-refractivity contribution in [3.63, 3.8) is 0 Å². The number of piperidine rings is 1. The summed E-state index contributed by atoms with van der Waals surface area (Å²) in [6.45, 7) is 5.03. The van der Waals surface area contributed by atoms with E-state index in [2.05, 4.69) is 22.0 Å². The highest BCUT2D eigenvalue weighted by atomic mass is 35.5. The van der Waals surface area contributed by atoms with E-state index in [0.29, 0.717) is 6.04 Å². The number of hydrogen-bond acceptors (Lipinski definition) is 3. The van der Waals surface area contributed by atoms with Crippen molar-refractivity contribution in [2.75, 3.05) is 11.4 Å². The molecule has 1 saturated heterocycles. The van der Waals surface area contributed by atoms with Gasteiger partial charge in [0.2, 0.25) is 0 Å².